The van der Waals surface area contributed by atoms with E-state index in [1.54, 1.807) is 0 Å². The van der Waals surface area contributed by atoms with Crippen LogP contribution in [0.1, 0.15) is 39.0 Å². The molecular weight excluding hydrogens is 260 g/mol. The summed E-state index contributed by atoms with van der Waals surface area (Å²) in [5, 5.41) is 14.1. The van der Waals surface area contributed by atoms with E-state index in [-0.39, 0.29) is 12.5 Å². The topological polar surface area (TPSA) is 87.7 Å². The number of amides is 2. The van der Waals surface area contributed by atoms with Gasteiger partial charge in [-0.05, 0) is 37.5 Å². The fraction of sp³-hybridized carbons (Fsp3) is 0.857. The van der Waals surface area contributed by atoms with Crippen molar-refractivity contribution < 1.29 is 19.4 Å². The number of hydrogen-bond donors (Lipinski definition) is 3. The smallest absolute Gasteiger partial charge is 0.314 e. The van der Waals surface area contributed by atoms with Crippen LogP contribution in [0.15, 0.2) is 0 Å². The SMILES string of the molecule is CC(CCNC(=O)NCCOCC1CC1)CCC(=O)O. The molecule has 116 valence electrons. The molecule has 0 heterocycles. The second kappa shape index (κ2) is 9.58. The average Bonchev–Trinajstić information content (AvgIpc) is 3.20. The summed E-state index contributed by atoms with van der Waals surface area (Å²) in [7, 11) is 0. The van der Waals surface area contributed by atoms with Crippen LogP contribution in [0.25, 0.3) is 0 Å². The number of carboxylic acids is 1. The minimum Gasteiger partial charge on any atom is -0.481 e. The number of carbonyl (C=O) groups is 2. The molecule has 3 N–H and O–H groups in total. The van der Waals surface area contributed by atoms with Crippen molar-refractivity contribution in [2.75, 3.05) is 26.3 Å². The van der Waals surface area contributed by atoms with Gasteiger partial charge in [-0.25, -0.2) is 4.79 Å². The van der Waals surface area contributed by atoms with Gasteiger partial charge in [0.15, 0.2) is 0 Å². The predicted octanol–water partition coefficient (Wildman–Crippen LogP) is 1.60. The van der Waals surface area contributed by atoms with Crippen LogP contribution in [-0.2, 0) is 9.53 Å². The molecule has 0 bridgehead atoms. The summed E-state index contributed by atoms with van der Waals surface area (Å²) in [6.45, 7) is 4.44. The third kappa shape index (κ3) is 9.61. The molecular formula is C14H26N2O4. The Kier molecular flexibility index (Phi) is 8.02. The Balaban J connectivity index is 1.86. The van der Waals surface area contributed by atoms with E-state index in [4.69, 9.17) is 9.84 Å². The van der Waals surface area contributed by atoms with Gasteiger partial charge in [-0.15, -0.1) is 0 Å². The molecule has 0 aromatic heterocycles. The Bertz CT molecular complexity index is 306. The maximum Gasteiger partial charge on any atom is 0.314 e. The van der Waals surface area contributed by atoms with Gasteiger partial charge in [0.2, 0.25) is 0 Å². The van der Waals surface area contributed by atoms with Gasteiger partial charge in [-0.1, -0.05) is 6.92 Å². The third-order valence-corrected chi connectivity index (χ3v) is 3.36. The first kappa shape index (κ1) is 16.8. The number of aliphatic carboxylic acids is 1. The van der Waals surface area contributed by atoms with E-state index in [2.05, 4.69) is 10.6 Å². The molecule has 1 fully saturated rings. The lowest BCUT2D eigenvalue weighted by Gasteiger charge is -2.11. The van der Waals surface area contributed by atoms with Crippen molar-refractivity contribution in [3.05, 3.63) is 0 Å². The molecule has 0 radical (unpaired) electrons. The number of ether oxygens (including phenoxy) is 1. The number of rotatable bonds is 11. The molecule has 1 saturated carbocycles. The Morgan fingerprint density at radius 3 is 2.60 bits per heavy atom. The molecule has 0 aromatic carbocycles. The number of hydrogen-bond acceptors (Lipinski definition) is 3. The molecule has 1 atom stereocenters. The van der Waals surface area contributed by atoms with Gasteiger partial charge in [-0.2, -0.15) is 0 Å². The van der Waals surface area contributed by atoms with Gasteiger partial charge in [0.25, 0.3) is 0 Å². The van der Waals surface area contributed by atoms with Crippen molar-refractivity contribution in [2.24, 2.45) is 11.8 Å². The summed E-state index contributed by atoms with van der Waals surface area (Å²) in [6, 6.07) is -0.189. The standard InChI is InChI=1S/C14H26N2O4/c1-11(2-5-13(17)18)6-7-15-14(19)16-8-9-20-10-12-3-4-12/h11-12H,2-10H2,1H3,(H,17,18)(H2,15,16,19). The van der Waals surface area contributed by atoms with Crippen molar-refractivity contribution in [2.45, 2.75) is 39.0 Å². The maximum atomic E-state index is 11.4. The first-order valence-electron chi connectivity index (χ1n) is 7.39. The summed E-state index contributed by atoms with van der Waals surface area (Å²) in [4.78, 5) is 21.8. The Morgan fingerprint density at radius 2 is 1.95 bits per heavy atom. The monoisotopic (exact) mass is 286 g/mol. The van der Waals surface area contributed by atoms with Crippen molar-refractivity contribution in [1.29, 1.82) is 0 Å². The van der Waals surface area contributed by atoms with Gasteiger partial charge >= 0.3 is 12.0 Å². The molecule has 1 unspecified atom stereocenters. The predicted molar refractivity (Wildman–Crippen MR) is 75.6 cm³/mol. The highest BCUT2D eigenvalue weighted by atomic mass is 16.5. The van der Waals surface area contributed by atoms with E-state index in [0.29, 0.717) is 32.0 Å². The zero-order valence-corrected chi connectivity index (χ0v) is 12.2. The number of carbonyl (C=O) groups excluding carboxylic acids is 1. The fourth-order valence-electron chi connectivity index (χ4n) is 1.78. The van der Waals surface area contributed by atoms with Gasteiger partial charge in [0.1, 0.15) is 0 Å². The van der Waals surface area contributed by atoms with E-state index in [0.717, 1.165) is 18.9 Å². The van der Waals surface area contributed by atoms with Crippen LogP contribution in [0.5, 0.6) is 0 Å². The van der Waals surface area contributed by atoms with Gasteiger partial charge in [0, 0.05) is 26.1 Å². The fourth-order valence-corrected chi connectivity index (χ4v) is 1.78. The molecule has 2 amide bonds. The van der Waals surface area contributed by atoms with Crippen molar-refractivity contribution in [1.82, 2.24) is 10.6 Å². The van der Waals surface area contributed by atoms with Gasteiger partial charge in [0.05, 0.1) is 6.61 Å². The van der Waals surface area contributed by atoms with Crippen molar-refractivity contribution in [3.8, 4) is 0 Å². The van der Waals surface area contributed by atoms with E-state index < -0.39 is 5.97 Å². The van der Waals surface area contributed by atoms with Gasteiger partial charge in [-0.3, -0.25) is 4.79 Å². The molecule has 0 spiro atoms. The van der Waals surface area contributed by atoms with E-state index in [1.165, 1.54) is 12.8 Å². The van der Waals surface area contributed by atoms with Crippen LogP contribution >= 0.6 is 0 Å². The number of urea groups is 1. The zero-order chi connectivity index (χ0) is 14.8. The lowest BCUT2D eigenvalue weighted by atomic mass is 10.0. The molecule has 6 heteroatoms. The average molecular weight is 286 g/mol. The zero-order valence-electron chi connectivity index (χ0n) is 12.2. The first-order valence-corrected chi connectivity index (χ1v) is 7.39. The quantitative estimate of drug-likeness (QED) is 0.503. The number of carboxylic acid groups (broad SMARTS) is 1. The lowest BCUT2D eigenvalue weighted by molar-refractivity contribution is -0.137. The highest BCUT2D eigenvalue weighted by molar-refractivity contribution is 5.73. The minimum atomic E-state index is -0.770. The maximum absolute atomic E-state index is 11.4. The molecule has 0 aliphatic heterocycles. The van der Waals surface area contributed by atoms with Crippen LogP contribution in [0, 0.1) is 11.8 Å². The summed E-state index contributed by atoms with van der Waals surface area (Å²) in [5.41, 5.74) is 0. The highest BCUT2D eigenvalue weighted by Crippen LogP contribution is 2.28. The molecule has 0 saturated heterocycles. The van der Waals surface area contributed by atoms with E-state index in [9.17, 15) is 9.59 Å². The molecule has 20 heavy (non-hydrogen) atoms. The normalized spacial score (nSPS) is 15.7. The van der Waals surface area contributed by atoms with Crippen LogP contribution in [0.3, 0.4) is 0 Å². The number of nitrogens with one attached hydrogen (secondary N) is 2. The lowest BCUT2D eigenvalue weighted by Crippen LogP contribution is -2.38. The van der Waals surface area contributed by atoms with Crippen LogP contribution in [-0.4, -0.2) is 43.4 Å². The molecule has 6 nitrogen and oxygen atoms in total. The highest BCUT2D eigenvalue weighted by Gasteiger charge is 2.20. The second-order valence-electron chi connectivity index (χ2n) is 5.53. The van der Waals surface area contributed by atoms with Gasteiger partial charge < -0.3 is 20.5 Å². The summed E-state index contributed by atoms with van der Waals surface area (Å²) < 4.78 is 5.41. The summed E-state index contributed by atoms with van der Waals surface area (Å²) in [6.07, 6.45) is 4.17. The van der Waals surface area contributed by atoms with E-state index in [1.807, 2.05) is 6.92 Å². The Labute approximate surface area is 120 Å². The van der Waals surface area contributed by atoms with Crippen LogP contribution in [0.2, 0.25) is 0 Å². The van der Waals surface area contributed by atoms with Crippen LogP contribution in [0.4, 0.5) is 4.79 Å². The first-order chi connectivity index (χ1) is 9.58. The molecule has 1 aliphatic carbocycles. The molecule has 1 rings (SSSR count). The van der Waals surface area contributed by atoms with Crippen molar-refractivity contribution >= 4 is 12.0 Å². The Morgan fingerprint density at radius 1 is 1.25 bits per heavy atom. The summed E-state index contributed by atoms with van der Waals surface area (Å²) >= 11 is 0. The van der Waals surface area contributed by atoms with Crippen molar-refractivity contribution in [3.63, 3.8) is 0 Å². The molecule has 0 aromatic rings. The second-order valence-corrected chi connectivity index (χ2v) is 5.53. The summed E-state index contributed by atoms with van der Waals surface area (Å²) in [5.74, 6) is 0.276. The van der Waals surface area contributed by atoms with Crippen LogP contribution < -0.4 is 10.6 Å². The molecule has 1 aliphatic rings. The third-order valence-electron chi connectivity index (χ3n) is 3.36. The minimum absolute atomic E-state index is 0.186. The van der Waals surface area contributed by atoms with E-state index >= 15 is 0 Å². The Hall–Kier alpha value is -1.30. The largest absolute Gasteiger partial charge is 0.481 e.